The van der Waals surface area contributed by atoms with E-state index >= 15 is 0 Å². The zero-order valence-corrected chi connectivity index (χ0v) is 19.3. The molecule has 1 amide bonds. The Morgan fingerprint density at radius 1 is 1.09 bits per heavy atom. The number of amides is 1. The number of aromatic amines is 1. The molecule has 0 fully saturated rings. The summed E-state index contributed by atoms with van der Waals surface area (Å²) in [4.78, 5) is 28.5. The molecule has 172 valence electrons. The van der Waals surface area contributed by atoms with Crippen molar-refractivity contribution >= 4 is 22.2 Å². The lowest BCUT2D eigenvalue weighted by molar-refractivity contribution is 0.0937. The molecule has 3 heterocycles. The zero-order valence-electron chi connectivity index (χ0n) is 19.3. The van der Waals surface area contributed by atoms with Crippen molar-refractivity contribution in [3.8, 4) is 11.3 Å². The fourth-order valence-electron chi connectivity index (χ4n) is 4.15. The van der Waals surface area contributed by atoms with Crippen molar-refractivity contribution < 1.29 is 4.79 Å². The lowest BCUT2D eigenvalue weighted by atomic mass is 10.0. The van der Waals surface area contributed by atoms with Crippen LogP contribution >= 0.6 is 0 Å². The summed E-state index contributed by atoms with van der Waals surface area (Å²) in [5, 5.41) is 13.9. The maximum atomic E-state index is 12.9. The molecule has 5 aromatic rings. The minimum atomic E-state index is -0.329. The highest BCUT2D eigenvalue weighted by Gasteiger charge is 2.20. The third-order valence-corrected chi connectivity index (χ3v) is 6.07. The summed E-state index contributed by atoms with van der Waals surface area (Å²) in [6.45, 7) is 6.57. The van der Waals surface area contributed by atoms with Crippen molar-refractivity contribution in [2.24, 2.45) is 5.92 Å². The molecule has 0 aliphatic heterocycles. The molecule has 0 saturated heterocycles. The van der Waals surface area contributed by atoms with Crippen molar-refractivity contribution in [2.45, 2.75) is 26.8 Å². The molecule has 8 heteroatoms. The van der Waals surface area contributed by atoms with Gasteiger partial charge in [0, 0.05) is 24.4 Å². The van der Waals surface area contributed by atoms with Crippen LogP contribution in [0.3, 0.4) is 0 Å². The second-order valence-electron chi connectivity index (χ2n) is 8.94. The maximum absolute atomic E-state index is 12.9. The van der Waals surface area contributed by atoms with E-state index in [1.54, 1.807) is 12.4 Å². The number of carbonyl (C=O) groups excluding carboxylic acids is 1. The van der Waals surface area contributed by atoms with Crippen molar-refractivity contribution in [2.75, 3.05) is 6.54 Å². The lowest BCUT2D eigenvalue weighted by Gasteiger charge is -2.21. The largest absolute Gasteiger partial charge is 0.348 e. The molecule has 2 N–H and O–H groups in total. The van der Waals surface area contributed by atoms with Crippen LogP contribution in [0, 0.1) is 12.8 Å². The highest BCUT2D eigenvalue weighted by molar-refractivity contribution is 5.93. The van der Waals surface area contributed by atoms with E-state index in [2.05, 4.69) is 34.3 Å². The molecule has 8 nitrogen and oxygen atoms in total. The molecule has 2 aromatic carbocycles. The van der Waals surface area contributed by atoms with Gasteiger partial charge in [-0.25, -0.2) is 4.52 Å². The molecule has 1 unspecified atom stereocenters. The Bertz CT molecular complexity index is 1560. The van der Waals surface area contributed by atoms with Gasteiger partial charge in [0.25, 0.3) is 11.5 Å². The van der Waals surface area contributed by atoms with Gasteiger partial charge in [-0.15, -0.1) is 0 Å². The Labute approximate surface area is 196 Å². The normalized spacial score (nSPS) is 12.5. The molecule has 0 saturated carbocycles. The number of H-pyrrole nitrogens is 1. The van der Waals surface area contributed by atoms with Crippen molar-refractivity contribution in [1.29, 1.82) is 0 Å². The van der Waals surface area contributed by atoms with Crippen molar-refractivity contribution in [1.82, 2.24) is 29.7 Å². The zero-order chi connectivity index (χ0) is 23.8. The highest BCUT2D eigenvalue weighted by atomic mass is 16.2. The second-order valence-corrected chi connectivity index (χ2v) is 8.94. The fourth-order valence-corrected chi connectivity index (χ4v) is 4.15. The van der Waals surface area contributed by atoms with Crippen LogP contribution in [0.5, 0.6) is 0 Å². The Kier molecular flexibility index (Phi) is 5.49. The Balaban J connectivity index is 1.40. The lowest BCUT2D eigenvalue weighted by Crippen LogP contribution is -2.33. The second kappa shape index (κ2) is 8.62. The van der Waals surface area contributed by atoms with Gasteiger partial charge in [-0.05, 0) is 35.2 Å². The minimum absolute atomic E-state index is 0.0117. The van der Waals surface area contributed by atoms with Crippen LogP contribution in [-0.2, 0) is 0 Å². The van der Waals surface area contributed by atoms with E-state index in [0.29, 0.717) is 17.8 Å². The number of carbonyl (C=O) groups is 1. The quantitative estimate of drug-likeness (QED) is 0.406. The third-order valence-electron chi connectivity index (χ3n) is 6.07. The van der Waals surface area contributed by atoms with Gasteiger partial charge in [-0.3, -0.25) is 14.3 Å². The van der Waals surface area contributed by atoms with E-state index in [1.807, 2.05) is 60.3 Å². The van der Waals surface area contributed by atoms with Gasteiger partial charge in [-0.2, -0.15) is 10.2 Å². The molecule has 0 bridgehead atoms. The van der Waals surface area contributed by atoms with Gasteiger partial charge in [0.2, 0.25) is 0 Å². The molecule has 1 atom stereocenters. The molecule has 0 radical (unpaired) electrons. The number of fused-ring (bicyclic) bond motifs is 2. The number of benzene rings is 2. The number of aromatic nitrogens is 5. The monoisotopic (exact) mass is 454 g/mol. The first kappa shape index (κ1) is 21.6. The Hall–Kier alpha value is -4.20. The molecule has 0 spiro atoms. The third kappa shape index (κ3) is 4.10. The van der Waals surface area contributed by atoms with Crippen LogP contribution in [0.1, 0.15) is 35.9 Å². The van der Waals surface area contributed by atoms with Crippen molar-refractivity contribution in [3.05, 3.63) is 88.7 Å². The molecule has 34 heavy (non-hydrogen) atoms. The van der Waals surface area contributed by atoms with Gasteiger partial charge in [0.05, 0.1) is 24.1 Å². The van der Waals surface area contributed by atoms with E-state index in [-0.39, 0.29) is 29.1 Å². The van der Waals surface area contributed by atoms with Crippen LogP contribution < -0.4 is 10.9 Å². The van der Waals surface area contributed by atoms with E-state index in [4.69, 9.17) is 0 Å². The van der Waals surface area contributed by atoms with Gasteiger partial charge in [-0.1, -0.05) is 50.2 Å². The van der Waals surface area contributed by atoms with Crippen LogP contribution in [0.15, 0.2) is 71.9 Å². The minimum Gasteiger partial charge on any atom is -0.348 e. The van der Waals surface area contributed by atoms with Gasteiger partial charge >= 0.3 is 0 Å². The number of hydrogen-bond acceptors (Lipinski definition) is 4. The van der Waals surface area contributed by atoms with E-state index < -0.39 is 0 Å². The number of nitrogens with one attached hydrogen (secondary N) is 2. The maximum Gasteiger partial charge on any atom is 0.274 e. The predicted octanol–water partition coefficient (Wildman–Crippen LogP) is 3.97. The molecular weight excluding hydrogens is 428 g/mol. The first-order valence-corrected chi connectivity index (χ1v) is 11.3. The number of hydrogen-bond donors (Lipinski definition) is 2. The standard InChI is InChI=1S/C26H26N6O2/c1-16(2)24(31-14-17(3)12-28-31)13-27-25(33)21-11-23-26(34)29-22(15-32(23)30-21)20-9-8-18-6-4-5-7-19(18)10-20/h4-12,14-16,24H,13H2,1-3H3,(H,27,33)(H,29,34). The summed E-state index contributed by atoms with van der Waals surface area (Å²) in [6, 6.07) is 15.6. The van der Waals surface area contributed by atoms with Crippen LogP contribution in [-0.4, -0.2) is 36.8 Å². The summed E-state index contributed by atoms with van der Waals surface area (Å²) in [5.41, 5.74) is 2.78. The van der Waals surface area contributed by atoms with Crippen LogP contribution in [0.25, 0.3) is 27.5 Å². The van der Waals surface area contributed by atoms with Gasteiger partial charge in [0.1, 0.15) is 5.52 Å². The highest BCUT2D eigenvalue weighted by Crippen LogP contribution is 2.23. The Morgan fingerprint density at radius 3 is 2.62 bits per heavy atom. The first-order chi connectivity index (χ1) is 16.4. The number of rotatable bonds is 6. The van der Waals surface area contributed by atoms with Crippen LogP contribution in [0.2, 0.25) is 0 Å². The molecular formula is C26H26N6O2. The predicted molar refractivity (Wildman–Crippen MR) is 132 cm³/mol. The molecule has 3 aromatic heterocycles. The fraction of sp³-hybridized carbons (Fsp3) is 0.231. The topological polar surface area (TPSA) is 97.1 Å². The van der Waals surface area contributed by atoms with E-state index in [9.17, 15) is 9.59 Å². The first-order valence-electron chi connectivity index (χ1n) is 11.3. The van der Waals surface area contributed by atoms with E-state index in [1.165, 1.54) is 10.6 Å². The average Bonchev–Trinajstić information content (AvgIpc) is 3.45. The summed E-state index contributed by atoms with van der Waals surface area (Å²) in [6.07, 6.45) is 5.51. The molecule has 0 aliphatic rings. The Morgan fingerprint density at radius 2 is 1.88 bits per heavy atom. The van der Waals surface area contributed by atoms with Gasteiger partial charge < -0.3 is 10.3 Å². The summed E-state index contributed by atoms with van der Waals surface area (Å²) < 4.78 is 3.35. The molecule has 5 rings (SSSR count). The smallest absolute Gasteiger partial charge is 0.274 e. The summed E-state index contributed by atoms with van der Waals surface area (Å²) in [5.74, 6) is -0.0575. The average molecular weight is 455 g/mol. The summed E-state index contributed by atoms with van der Waals surface area (Å²) in [7, 11) is 0. The van der Waals surface area contributed by atoms with Crippen LogP contribution in [0.4, 0.5) is 0 Å². The van der Waals surface area contributed by atoms with E-state index in [0.717, 1.165) is 21.9 Å². The van der Waals surface area contributed by atoms with Crippen molar-refractivity contribution in [3.63, 3.8) is 0 Å². The van der Waals surface area contributed by atoms with Gasteiger partial charge in [0.15, 0.2) is 5.69 Å². The number of aryl methyl sites for hydroxylation is 1. The summed E-state index contributed by atoms with van der Waals surface area (Å²) >= 11 is 0. The number of nitrogens with zero attached hydrogens (tertiary/aromatic N) is 4. The molecule has 0 aliphatic carbocycles. The SMILES string of the molecule is Cc1cnn(C(CNC(=O)c2cc3c(=O)[nH]c(-c4ccc5ccccc5c4)cn3n2)C(C)C)c1.